The average Bonchev–Trinajstić information content (AvgIpc) is 3.47. The van der Waals surface area contributed by atoms with Crippen molar-refractivity contribution < 1.29 is 9.59 Å². The van der Waals surface area contributed by atoms with E-state index in [1.165, 1.54) is 4.88 Å². The molecule has 0 saturated carbocycles. The number of fused-ring (bicyclic) bond motifs is 1. The van der Waals surface area contributed by atoms with E-state index in [2.05, 4.69) is 33.7 Å². The molecule has 0 bridgehead atoms. The Kier molecular flexibility index (Phi) is 5.22. The average molecular weight is 446 g/mol. The first kappa shape index (κ1) is 20.4. The number of carbonyl (C=O) groups is 2. The van der Waals surface area contributed by atoms with Gasteiger partial charge in [-0.1, -0.05) is 30.3 Å². The Morgan fingerprint density at radius 1 is 1.16 bits per heavy atom. The second-order valence-electron chi connectivity index (χ2n) is 8.11. The second kappa shape index (κ2) is 8.20. The highest BCUT2D eigenvalue weighted by Gasteiger charge is 2.37. The lowest BCUT2D eigenvalue weighted by molar-refractivity contribution is -0.138. The van der Waals surface area contributed by atoms with Crippen LogP contribution < -0.4 is 0 Å². The molecule has 0 aliphatic carbocycles. The number of aryl methyl sites for hydroxylation is 1. The Labute approximate surface area is 189 Å². The largest absolute Gasteiger partial charge is 0.342 e. The Morgan fingerprint density at radius 3 is 2.72 bits per heavy atom. The molecular formula is C24H23N5O2S. The predicted molar refractivity (Wildman–Crippen MR) is 124 cm³/mol. The van der Waals surface area contributed by atoms with Crippen LogP contribution in [0.2, 0.25) is 0 Å². The van der Waals surface area contributed by atoms with Crippen molar-refractivity contribution in [3.05, 3.63) is 77.1 Å². The van der Waals surface area contributed by atoms with E-state index in [9.17, 15) is 9.59 Å². The van der Waals surface area contributed by atoms with Crippen LogP contribution in [0.25, 0.3) is 16.1 Å². The zero-order chi connectivity index (χ0) is 22.2. The minimum Gasteiger partial charge on any atom is -0.342 e. The summed E-state index contributed by atoms with van der Waals surface area (Å²) in [7, 11) is 1.79. The quantitative estimate of drug-likeness (QED) is 0.483. The molecule has 0 spiro atoms. The fourth-order valence-electron chi connectivity index (χ4n) is 4.10. The number of hydrogen-bond donors (Lipinski definition) is 0. The Hall–Kier alpha value is -3.52. The summed E-state index contributed by atoms with van der Waals surface area (Å²) in [5.74, 6) is -0.259. The standard InChI is InChI=1S/C24H23N5O2S/c1-16-13-25-22-19(14-26-29(22)15-16)23(30)28-10-9-27(2)24(31)20(28)12-17-5-7-18(8-6-17)21-4-3-11-32-21/h3-8,11,13-15,20H,9-10,12H2,1-2H3/t20-/m1/s1. The summed E-state index contributed by atoms with van der Waals surface area (Å²) in [6.07, 6.45) is 5.56. The molecule has 1 atom stereocenters. The highest BCUT2D eigenvalue weighted by molar-refractivity contribution is 7.13. The number of piperazine rings is 1. The van der Waals surface area contributed by atoms with Gasteiger partial charge in [-0.25, -0.2) is 9.50 Å². The van der Waals surface area contributed by atoms with Crippen molar-refractivity contribution in [3.8, 4) is 10.4 Å². The van der Waals surface area contributed by atoms with Gasteiger partial charge in [0, 0.05) is 43.8 Å². The summed E-state index contributed by atoms with van der Waals surface area (Å²) in [5, 5.41) is 6.34. The van der Waals surface area contributed by atoms with Crippen molar-refractivity contribution >= 4 is 28.8 Å². The number of benzene rings is 1. The van der Waals surface area contributed by atoms with Crippen molar-refractivity contribution in [1.82, 2.24) is 24.4 Å². The second-order valence-corrected chi connectivity index (χ2v) is 9.06. The third-order valence-corrected chi connectivity index (χ3v) is 6.80. The van der Waals surface area contributed by atoms with Crippen LogP contribution in [0.1, 0.15) is 21.5 Å². The summed E-state index contributed by atoms with van der Waals surface area (Å²) in [6.45, 7) is 2.90. The maximum absolute atomic E-state index is 13.5. The van der Waals surface area contributed by atoms with Crippen LogP contribution in [0.5, 0.6) is 0 Å². The summed E-state index contributed by atoms with van der Waals surface area (Å²) in [5.41, 5.74) is 4.05. The Bertz CT molecular complexity index is 1280. The van der Waals surface area contributed by atoms with Gasteiger partial charge in [-0.3, -0.25) is 9.59 Å². The number of rotatable bonds is 4. The Balaban J connectivity index is 1.43. The number of hydrogen-bond acceptors (Lipinski definition) is 5. The summed E-state index contributed by atoms with van der Waals surface area (Å²) in [4.78, 5) is 35.5. The molecule has 4 aromatic rings. The monoisotopic (exact) mass is 445 g/mol. The molecule has 32 heavy (non-hydrogen) atoms. The lowest BCUT2D eigenvalue weighted by Crippen LogP contribution is -2.58. The molecule has 1 fully saturated rings. The summed E-state index contributed by atoms with van der Waals surface area (Å²) < 4.78 is 1.61. The topological polar surface area (TPSA) is 70.8 Å². The number of amides is 2. The van der Waals surface area contributed by atoms with Gasteiger partial charge in [-0.2, -0.15) is 5.10 Å². The van der Waals surface area contributed by atoms with Gasteiger partial charge in [0.2, 0.25) is 5.91 Å². The van der Waals surface area contributed by atoms with E-state index in [0.717, 1.165) is 16.7 Å². The van der Waals surface area contributed by atoms with Gasteiger partial charge in [0.25, 0.3) is 5.91 Å². The highest BCUT2D eigenvalue weighted by atomic mass is 32.1. The molecule has 4 heterocycles. The van der Waals surface area contributed by atoms with E-state index in [-0.39, 0.29) is 11.8 Å². The van der Waals surface area contributed by atoms with Crippen molar-refractivity contribution in [2.24, 2.45) is 0 Å². The molecule has 1 aromatic carbocycles. The summed E-state index contributed by atoms with van der Waals surface area (Å²) >= 11 is 1.70. The molecule has 162 valence electrons. The van der Waals surface area contributed by atoms with Crippen LogP contribution in [-0.4, -0.2) is 62.4 Å². The van der Waals surface area contributed by atoms with E-state index >= 15 is 0 Å². The minimum absolute atomic E-state index is 0.0489. The van der Waals surface area contributed by atoms with Crippen LogP contribution in [0, 0.1) is 6.92 Å². The summed E-state index contributed by atoms with van der Waals surface area (Å²) in [6, 6.07) is 11.8. The van der Waals surface area contributed by atoms with Crippen LogP contribution in [0.15, 0.2) is 60.4 Å². The van der Waals surface area contributed by atoms with E-state index in [0.29, 0.717) is 30.7 Å². The van der Waals surface area contributed by atoms with Gasteiger partial charge in [0.1, 0.15) is 11.6 Å². The van der Waals surface area contributed by atoms with Crippen LogP contribution in [-0.2, 0) is 11.2 Å². The third kappa shape index (κ3) is 3.67. The first-order chi connectivity index (χ1) is 15.5. The molecule has 3 aromatic heterocycles. The van der Waals surface area contributed by atoms with Gasteiger partial charge < -0.3 is 9.80 Å². The van der Waals surface area contributed by atoms with Crippen LogP contribution in [0.4, 0.5) is 0 Å². The maximum Gasteiger partial charge on any atom is 0.260 e. The van der Waals surface area contributed by atoms with Crippen molar-refractivity contribution in [3.63, 3.8) is 0 Å². The molecule has 5 rings (SSSR count). The molecule has 1 aliphatic heterocycles. The van der Waals surface area contributed by atoms with Crippen molar-refractivity contribution in [1.29, 1.82) is 0 Å². The number of nitrogens with zero attached hydrogens (tertiary/aromatic N) is 5. The van der Waals surface area contributed by atoms with Gasteiger partial charge in [-0.15, -0.1) is 11.3 Å². The molecule has 1 saturated heterocycles. The molecule has 0 N–H and O–H groups in total. The first-order valence-corrected chi connectivity index (χ1v) is 11.4. The lowest BCUT2D eigenvalue weighted by Gasteiger charge is -2.39. The SMILES string of the molecule is Cc1cnc2c(C(=O)N3CCN(C)C(=O)[C@H]3Cc3ccc(-c4cccs4)cc3)cnn2c1. The molecule has 1 aliphatic rings. The fourth-order valence-corrected chi connectivity index (χ4v) is 4.83. The normalized spacial score (nSPS) is 16.7. The predicted octanol–water partition coefficient (Wildman–Crippen LogP) is 3.29. The van der Waals surface area contributed by atoms with Gasteiger partial charge in [-0.05, 0) is 35.1 Å². The van der Waals surface area contributed by atoms with Crippen LogP contribution >= 0.6 is 11.3 Å². The smallest absolute Gasteiger partial charge is 0.260 e. The fraction of sp³-hybridized carbons (Fsp3) is 0.250. The maximum atomic E-state index is 13.5. The van der Waals surface area contributed by atoms with E-state index in [4.69, 9.17) is 0 Å². The minimum atomic E-state index is -0.561. The molecule has 0 unspecified atom stereocenters. The van der Waals surface area contributed by atoms with E-state index < -0.39 is 6.04 Å². The van der Waals surface area contributed by atoms with E-state index in [1.807, 2.05) is 31.3 Å². The molecule has 7 nitrogen and oxygen atoms in total. The van der Waals surface area contributed by atoms with Crippen molar-refractivity contribution in [2.45, 2.75) is 19.4 Å². The van der Waals surface area contributed by atoms with E-state index in [1.54, 1.807) is 45.1 Å². The zero-order valence-corrected chi connectivity index (χ0v) is 18.7. The molecule has 2 amide bonds. The Morgan fingerprint density at radius 2 is 1.97 bits per heavy atom. The number of aromatic nitrogens is 3. The first-order valence-electron chi connectivity index (χ1n) is 10.5. The molecular weight excluding hydrogens is 422 g/mol. The van der Waals surface area contributed by atoms with Gasteiger partial charge in [0.05, 0.1) is 6.20 Å². The zero-order valence-electron chi connectivity index (χ0n) is 17.9. The third-order valence-electron chi connectivity index (χ3n) is 5.88. The number of thiophene rings is 1. The molecule has 0 radical (unpaired) electrons. The van der Waals surface area contributed by atoms with Gasteiger partial charge >= 0.3 is 0 Å². The van der Waals surface area contributed by atoms with Crippen LogP contribution in [0.3, 0.4) is 0 Å². The lowest BCUT2D eigenvalue weighted by atomic mass is 9.99. The number of carbonyl (C=O) groups excluding carboxylic acids is 2. The van der Waals surface area contributed by atoms with Gasteiger partial charge in [0.15, 0.2) is 5.65 Å². The molecule has 8 heteroatoms. The van der Waals surface area contributed by atoms with Crippen molar-refractivity contribution in [2.75, 3.05) is 20.1 Å². The number of likely N-dealkylation sites (N-methyl/N-ethyl adjacent to an activating group) is 1. The highest BCUT2D eigenvalue weighted by Crippen LogP contribution is 2.26.